The lowest BCUT2D eigenvalue weighted by Crippen LogP contribution is -2.55. The van der Waals surface area contributed by atoms with Gasteiger partial charge in [0.1, 0.15) is 23.9 Å². The average molecular weight is 635 g/mol. The fourth-order valence-electron chi connectivity index (χ4n) is 4.56. The van der Waals surface area contributed by atoms with E-state index in [-0.39, 0.29) is 24.3 Å². The SMILES string of the molecule is COc1ccc(COC(c2cccc(OCC(Oc3cccc(CC(=O)O)c3)c3ccccc3)c2)(C(F)(F)F)C(F)(F)F)cc1. The molecule has 238 valence electrons. The summed E-state index contributed by atoms with van der Waals surface area (Å²) >= 11 is 0. The van der Waals surface area contributed by atoms with E-state index in [1.807, 2.05) is 0 Å². The molecular weight excluding hydrogens is 606 g/mol. The number of ether oxygens (including phenoxy) is 4. The molecule has 0 saturated carbocycles. The molecule has 45 heavy (non-hydrogen) atoms. The van der Waals surface area contributed by atoms with Crippen LogP contribution >= 0.6 is 0 Å². The number of benzene rings is 4. The van der Waals surface area contributed by atoms with E-state index >= 15 is 0 Å². The first kappa shape index (κ1) is 33.2. The summed E-state index contributed by atoms with van der Waals surface area (Å²) in [4.78, 5) is 11.1. The summed E-state index contributed by atoms with van der Waals surface area (Å²) in [5.74, 6) is -0.674. The standard InChI is InChI=1S/C33H28F6O6/c1-42-26-15-13-22(14-16-26)20-44-31(32(34,35)36,33(37,38)39)25-10-6-11-27(19-25)43-21-29(24-8-3-2-4-9-24)45-28-12-5-7-23(17-28)18-30(40)41/h2-17,19,29H,18,20-21H2,1H3,(H,40,41). The molecule has 4 rings (SSSR count). The van der Waals surface area contributed by atoms with Gasteiger partial charge < -0.3 is 24.1 Å². The van der Waals surface area contributed by atoms with Gasteiger partial charge in [0.2, 0.25) is 0 Å². The van der Waals surface area contributed by atoms with E-state index in [0.29, 0.717) is 34.8 Å². The minimum Gasteiger partial charge on any atom is -0.497 e. The van der Waals surface area contributed by atoms with Crippen LogP contribution in [0.4, 0.5) is 26.3 Å². The maximum atomic E-state index is 14.4. The van der Waals surface area contributed by atoms with Gasteiger partial charge in [0.15, 0.2) is 6.10 Å². The van der Waals surface area contributed by atoms with Crippen LogP contribution in [0.1, 0.15) is 28.4 Å². The van der Waals surface area contributed by atoms with Crippen molar-refractivity contribution in [1.29, 1.82) is 0 Å². The molecule has 0 bridgehead atoms. The van der Waals surface area contributed by atoms with Gasteiger partial charge in [0, 0.05) is 5.56 Å². The molecular formula is C33H28F6O6. The van der Waals surface area contributed by atoms with Crippen LogP contribution in [0.25, 0.3) is 0 Å². The quantitative estimate of drug-likeness (QED) is 0.150. The summed E-state index contributed by atoms with van der Waals surface area (Å²) in [5, 5.41) is 9.10. The van der Waals surface area contributed by atoms with Crippen molar-refractivity contribution >= 4 is 5.97 Å². The van der Waals surface area contributed by atoms with Crippen molar-refractivity contribution in [2.75, 3.05) is 13.7 Å². The zero-order chi connectivity index (χ0) is 32.7. The maximum absolute atomic E-state index is 14.4. The summed E-state index contributed by atoms with van der Waals surface area (Å²) < 4.78 is 108. The first-order valence-electron chi connectivity index (χ1n) is 13.5. The van der Waals surface area contributed by atoms with Crippen molar-refractivity contribution in [2.24, 2.45) is 0 Å². The van der Waals surface area contributed by atoms with Gasteiger partial charge in [-0.2, -0.15) is 26.3 Å². The first-order chi connectivity index (χ1) is 21.3. The highest BCUT2D eigenvalue weighted by Gasteiger charge is 2.73. The van der Waals surface area contributed by atoms with E-state index in [9.17, 15) is 31.1 Å². The van der Waals surface area contributed by atoms with Crippen molar-refractivity contribution in [3.8, 4) is 17.2 Å². The van der Waals surface area contributed by atoms with Crippen LogP contribution in [0.2, 0.25) is 0 Å². The van der Waals surface area contributed by atoms with Gasteiger partial charge in [-0.05, 0) is 53.1 Å². The number of hydrogen-bond acceptors (Lipinski definition) is 5. The highest BCUT2D eigenvalue weighted by atomic mass is 19.4. The van der Waals surface area contributed by atoms with Gasteiger partial charge in [-0.3, -0.25) is 4.79 Å². The van der Waals surface area contributed by atoms with E-state index in [2.05, 4.69) is 0 Å². The van der Waals surface area contributed by atoms with E-state index in [0.717, 1.165) is 6.07 Å². The van der Waals surface area contributed by atoms with Crippen molar-refractivity contribution in [1.82, 2.24) is 0 Å². The molecule has 0 aliphatic rings. The lowest BCUT2D eigenvalue weighted by atomic mass is 9.91. The minimum absolute atomic E-state index is 0.0661. The van der Waals surface area contributed by atoms with Crippen LogP contribution in [-0.2, 0) is 28.2 Å². The van der Waals surface area contributed by atoms with E-state index in [1.165, 1.54) is 43.5 Å². The van der Waals surface area contributed by atoms with Crippen molar-refractivity contribution < 1.29 is 55.2 Å². The van der Waals surface area contributed by atoms with Gasteiger partial charge >= 0.3 is 18.3 Å². The Morgan fingerprint density at radius 3 is 2.00 bits per heavy atom. The second-order valence-electron chi connectivity index (χ2n) is 9.89. The number of carboxylic acid groups (broad SMARTS) is 1. The Labute approximate surface area is 254 Å². The molecule has 0 aliphatic carbocycles. The lowest BCUT2D eigenvalue weighted by molar-refractivity contribution is -0.392. The first-order valence-corrected chi connectivity index (χ1v) is 13.5. The number of alkyl halides is 6. The lowest BCUT2D eigenvalue weighted by Gasteiger charge is -2.37. The molecule has 0 fully saturated rings. The topological polar surface area (TPSA) is 74.2 Å². The molecule has 4 aromatic carbocycles. The fraction of sp³-hybridized carbons (Fsp3) is 0.242. The molecule has 4 aromatic rings. The number of rotatable bonds is 13. The smallest absolute Gasteiger partial charge is 0.430 e. The minimum atomic E-state index is -5.90. The van der Waals surface area contributed by atoms with Crippen molar-refractivity contribution in [3.05, 3.63) is 125 Å². The fourth-order valence-corrected chi connectivity index (χ4v) is 4.56. The number of methoxy groups -OCH3 is 1. The predicted molar refractivity (Wildman–Crippen MR) is 151 cm³/mol. The molecule has 0 aromatic heterocycles. The highest BCUT2D eigenvalue weighted by molar-refractivity contribution is 5.70. The molecule has 0 aliphatic heterocycles. The molecule has 0 saturated heterocycles. The second kappa shape index (κ2) is 13.9. The van der Waals surface area contributed by atoms with Crippen molar-refractivity contribution in [3.63, 3.8) is 0 Å². The zero-order valence-corrected chi connectivity index (χ0v) is 23.8. The second-order valence-corrected chi connectivity index (χ2v) is 9.89. The molecule has 1 unspecified atom stereocenters. The normalized spacial score (nSPS) is 12.8. The third kappa shape index (κ3) is 8.07. The van der Waals surface area contributed by atoms with Gasteiger partial charge in [0.25, 0.3) is 5.60 Å². The van der Waals surface area contributed by atoms with Gasteiger partial charge in [0.05, 0.1) is 20.1 Å². The summed E-state index contributed by atoms with van der Waals surface area (Å²) in [7, 11) is 1.37. The Kier molecular flexibility index (Phi) is 10.3. The Hall–Kier alpha value is -4.71. The number of halogens is 6. The third-order valence-electron chi connectivity index (χ3n) is 6.76. The molecule has 12 heteroatoms. The van der Waals surface area contributed by atoms with E-state index in [4.69, 9.17) is 24.1 Å². The number of aliphatic carboxylic acids is 1. The number of carbonyl (C=O) groups is 1. The van der Waals surface area contributed by atoms with Gasteiger partial charge in [-0.15, -0.1) is 0 Å². The Bertz CT molecular complexity index is 1540. The number of carboxylic acids is 1. The van der Waals surface area contributed by atoms with Crippen LogP contribution in [0.15, 0.2) is 103 Å². The van der Waals surface area contributed by atoms with Crippen LogP contribution in [-0.4, -0.2) is 37.1 Å². The van der Waals surface area contributed by atoms with Gasteiger partial charge in [-0.25, -0.2) is 0 Å². The summed E-state index contributed by atoms with van der Waals surface area (Å²) in [6.07, 6.45) is -12.9. The Morgan fingerprint density at radius 1 is 0.733 bits per heavy atom. The monoisotopic (exact) mass is 634 g/mol. The highest BCUT2D eigenvalue weighted by Crippen LogP contribution is 2.53. The van der Waals surface area contributed by atoms with Crippen LogP contribution in [0.5, 0.6) is 17.2 Å². The molecule has 6 nitrogen and oxygen atoms in total. The van der Waals surface area contributed by atoms with Crippen LogP contribution < -0.4 is 14.2 Å². The molecule has 0 radical (unpaired) electrons. The average Bonchev–Trinajstić information content (AvgIpc) is 2.99. The molecule has 0 heterocycles. The summed E-state index contributed by atoms with van der Waals surface area (Å²) in [5.41, 5.74) is -4.76. The van der Waals surface area contributed by atoms with Crippen LogP contribution in [0.3, 0.4) is 0 Å². The largest absolute Gasteiger partial charge is 0.497 e. The van der Waals surface area contributed by atoms with E-state index < -0.39 is 42.2 Å². The van der Waals surface area contributed by atoms with E-state index in [1.54, 1.807) is 48.5 Å². The Balaban J connectivity index is 1.62. The molecule has 1 N–H and O–H groups in total. The number of hydrogen-bond donors (Lipinski definition) is 1. The Morgan fingerprint density at radius 2 is 1.38 bits per heavy atom. The summed E-state index contributed by atoms with van der Waals surface area (Å²) in [6.45, 7) is -1.31. The third-order valence-corrected chi connectivity index (χ3v) is 6.76. The van der Waals surface area contributed by atoms with Gasteiger partial charge in [-0.1, -0.05) is 66.7 Å². The zero-order valence-electron chi connectivity index (χ0n) is 23.8. The molecule has 0 spiro atoms. The van der Waals surface area contributed by atoms with Crippen molar-refractivity contribution in [2.45, 2.75) is 37.1 Å². The maximum Gasteiger partial charge on any atom is 0.430 e. The summed E-state index contributed by atoms with van der Waals surface area (Å²) in [6, 6.07) is 23.8. The molecule has 1 atom stereocenters. The van der Waals surface area contributed by atoms with Crippen LogP contribution in [0, 0.1) is 0 Å². The molecule has 0 amide bonds. The predicted octanol–water partition coefficient (Wildman–Crippen LogP) is 8.06.